The molecule has 0 amide bonds. The van der Waals surface area contributed by atoms with Gasteiger partial charge in [0.15, 0.2) is 5.96 Å². The largest absolute Gasteiger partial charge is 0.349 e. The van der Waals surface area contributed by atoms with Crippen molar-refractivity contribution < 1.29 is 0 Å². The summed E-state index contributed by atoms with van der Waals surface area (Å²) in [6.07, 6.45) is 1.11. The van der Waals surface area contributed by atoms with E-state index in [1.807, 2.05) is 26.0 Å². The Morgan fingerprint density at radius 2 is 1.69 bits per heavy atom. The Bertz CT molecular complexity index is 183. The highest BCUT2D eigenvalue weighted by Crippen LogP contribution is 2.17. The standard InChI is InChI=1S/C10H23N3/c1-8-10(2,3)13(7)9(11-4)12(5)6/h8H2,1-7H3. The minimum Gasteiger partial charge on any atom is -0.349 e. The minimum atomic E-state index is 0.166. The molecule has 13 heavy (non-hydrogen) atoms. The second kappa shape index (κ2) is 4.49. The molecule has 0 aliphatic rings. The van der Waals surface area contributed by atoms with Crippen LogP contribution in [-0.2, 0) is 0 Å². The molecular weight excluding hydrogens is 162 g/mol. The van der Waals surface area contributed by atoms with Gasteiger partial charge in [-0.25, -0.2) is 0 Å². The summed E-state index contributed by atoms with van der Waals surface area (Å²) in [5.41, 5.74) is 0.166. The van der Waals surface area contributed by atoms with Crippen molar-refractivity contribution in [3.05, 3.63) is 0 Å². The van der Waals surface area contributed by atoms with Crippen molar-refractivity contribution in [1.29, 1.82) is 0 Å². The first-order valence-corrected chi connectivity index (χ1v) is 4.74. The predicted molar refractivity (Wildman–Crippen MR) is 59.2 cm³/mol. The highest BCUT2D eigenvalue weighted by Gasteiger charge is 2.24. The van der Waals surface area contributed by atoms with E-state index < -0.39 is 0 Å². The van der Waals surface area contributed by atoms with Crippen LogP contribution in [0.3, 0.4) is 0 Å². The SMILES string of the molecule is CCC(C)(C)N(C)C(=NC)N(C)C. The third-order valence-electron chi connectivity index (χ3n) is 2.67. The maximum Gasteiger partial charge on any atom is 0.195 e. The molecule has 0 N–H and O–H groups in total. The molecule has 0 saturated carbocycles. The maximum atomic E-state index is 4.27. The molecule has 0 saturated heterocycles. The molecule has 3 nitrogen and oxygen atoms in total. The Balaban J connectivity index is 4.66. The van der Waals surface area contributed by atoms with Gasteiger partial charge in [0.1, 0.15) is 0 Å². The molecule has 0 rings (SSSR count). The van der Waals surface area contributed by atoms with Crippen LogP contribution in [0.25, 0.3) is 0 Å². The normalized spacial score (nSPS) is 13.0. The van der Waals surface area contributed by atoms with Gasteiger partial charge in [-0.3, -0.25) is 4.99 Å². The van der Waals surface area contributed by atoms with Crippen molar-refractivity contribution >= 4 is 5.96 Å². The Hall–Kier alpha value is -0.730. The summed E-state index contributed by atoms with van der Waals surface area (Å²) in [5, 5.41) is 0. The van der Waals surface area contributed by atoms with Crippen LogP contribution >= 0.6 is 0 Å². The summed E-state index contributed by atoms with van der Waals surface area (Å²) in [4.78, 5) is 8.52. The summed E-state index contributed by atoms with van der Waals surface area (Å²) in [6.45, 7) is 6.64. The molecule has 0 heterocycles. The van der Waals surface area contributed by atoms with Gasteiger partial charge < -0.3 is 9.80 Å². The molecule has 0 aliphatic carbocycles. The van der Waals surface area contributed by atoms with E-state index >= 15 is 0 Å². The zero-order chi connectivity index (χ0) is 10.6. The summed E-state index contributed by atoms with van der Waals surface area (Å²) in [6, 6.07) is 0. The molecule has 0 aliphatic heterocycles. The van der Waals surface area contributed by atoms with Crippen LogP contribution in [0.5, 0.6) is 0 Å². The molecule has 0 atom stereocenters. The number of aliphatic imine (C=N–C) groups is 1. The van der Waals surface area contributed by atoms with Crippen LogP contribution in [-0.4, -0.2) is 49.5 Å². The number of hydrogen-bond acceptors (Lipinski definition) is 1. The van der Waals surface area contributed by atoms with E-state index in [1.54, 1.807) is 0 Å². The molecule has 0 fully saturated rings. The van der Waals surface area contributed by atoms with Crippen LogP contribution in [0.2, 0.25) is 0 Å². The summed E-state index contributed by atoms with van der Waals surface area (Å²) < 4.78 is 0. The first kappa shape index (κ1) is 12.3. The lowest BCUT2D eigenvalue weighted by Gasteiger charge is -2.39. The number of rotatable bonds is 2. The van der Waals surface area contributed by atoms with Gasteiger partial charge in [-0.1, -0.05) is 6.92 Å². The van der Waals surface area contributed by atoms with E-state index in [9.17, 15) is 0 Å². The molecule has 0 spiro atoms. The van der Waals surface area contributed by atoms with Gasteiger partial charge in [-0.2, -0.15) is 0 Å². The van der Waals surface area contributed by atoms with Gasteiger partial charge in [0.2, 0.25) is 0 Å². The fourth-order valence-electron chi connectivity index (χ4n) is 1.16. The van der Waals surface area contributed by atoms with Crippen LogP contribution in [0, 0.1) is 0 Å². The van der Waals surface area contributed by atoms with Crippen LogP contribution < -0.4 is 0 Å². The summed E-state index contributed by atoms with van der Waals surface area (Å²) >= 11 is 0. The molecule has 3 heteroatoms. The monoisotopic (exact) mass is 185 g/mol. The van der Waals surface area contributed by atoms with Crippen molar-refractivity contribution in [2.45, 2.75) is 32.7 Å². The fraction of sp³-hybridized carbons (Fsp3) is 0.900. The second-order valence-electron chi connectivity index (χ2n) is 4.14. The van der Waals surface area contributed by atoms with E-state index in [0.717, 1.165) is 12.4 Å². The third kappa shape index (κ3) is 2.90. The predicted octanol–water partition coefficient (Wildman–Crippen LogP) is 1.65. The Morgan fingerprint density at radius 1 is 1.23 bits per heavy atom. The molecule has 0 radical (unpaired) electrons. The van der Waals surface area contributed by atoms with Gasteiger partial charge in [-0.05, 0) is 20.3 Å². The van der Waals surface area contributed by atoms with Crippen LogP contribution in [0.4, 0.5) is 0 Å². The second-order valence-corrected chi connectivity index (χ2v) is 4.14. The molecule has 0 bridgehead atoms. The fourth-order valence-corrected chi connectivity index (χ4v) is 1.16. The average molecular weight is 185 g/mol. The zero-order valence-corrected chi connectivity index (χ0v) is 10.0. The molecule has 0 aromatic heterocycles. The average Bonchev–Trinajstić information content (AvgIpc) is 2.05. The molecule has 0 aromatic rings. The maximum absolute atomic E-state index is 4.27. The first-order chi connectivity index (χ1) is 5.86. The summed E-state index contributed by atoms with van der Waals surface area (Å²) in [7, 11) is 7.96. The lowest BCUT2D eigenvalue weighted by Crippen LogP contribution is -2.49. The third-order valence-corrected chi connectivity index (χ3v) is 2.67. The summed E-state index contributed by atoms with van der Waals surface area (Å²) in [5.74, 6) is 1.02. The number of hydrogen-bond donors (Lipinski definition) is 0. The molecule has 0 unspecified atom stereocenters. The van der Waals surface area contributed by atoms with Gasteiger partial charge in [0, 0.05) is 33.7 Å². The zero-order valence-electron chi connectivity index (χ0n) is 10.0. The van der Waals surface area contributed by atoms with E-state index in [0.29, 0.717) is 0 Å². The van der Waals surface area contributed by atoms with E-state index in [4.69, 9.17) is 0 Å². The van der Waals surface area contributed by atoms with Gasteiger partial charge in [0.05, 0.1) is 0 Å². The van der Waals surface area contributed by atoms with Gasteiger partial charge >= 0.3 is 0 Å². The minimum absolute atomic E-state index is 0.166. The Labute approximate surface area is 82.4 Å². The van der Waals surface area contributed by atoms with E-state index in [2.05, 4.69) is 37.7 Å². The van der Waals surface area contributed by atoms with Crippen molar-refractivity contribution in [3.8, 4) is 0 Å². The smallest absolute Gasteiger partial charge is 0.195 e. The van der Waals surface area contributed by atoms with Crippen LogP contribution in [0.1, 0.15) is 27.2 Å². The van der Waals surface area contributed by atoms with Gasteiger partial charge in [-0.15, -0.1) is 0 Å². The van der Waals surface area contributed by atoms with Crippen molar-refractivity contribution in [1.82, 2.24) is 9.80 Å². The Kier molecular flexibility index (Phi) is 4.24. The van der Waals surface area contributed by atoms with Crippen molar-refractivity contribution in [2.75, 3.05) is 28.2 Å². The Morgan fingerprint density at radius 3 is 1.92 bits per heavy atom. The topological polar surface area (TPSA) is 18.8 Å². The lowest BCUT2D eigenvalue weighted by molar-refractivity contribution is 0.224. The van der Waals surface area contributed by atoms with Gasteiger partial charge in [0.25, 0.3) is 0 Å². The number of guanidine groups is 1. The van der Waals surface area contributed by atoms with E-state index in [-0.39, 0.29) is 5.54 Å². The lowest BCUT2D eigenvalue weighted by atomic mass is 10.0. The van der Waals surface area contributed by atoms with E-state index in [1.165, 1.54) is 0 Å². The quantitative estimate of drug-likeness (QED) is 0.481. The van der Waals surface area contributed by atoms with Crippen molar-refractivity contribution in [3.63, 3.8) is 0 Å². The molecule has 0 aromatic carbocycles. The molecular formula is C10H23N3. The highest BCUT2D eigenvalue weighted by molar-refractivity contribution is 5.79. The van der Waals surface area contributed by atoms with Crippen LogP contribution in [0.15, 0.2) is 4.99 Å². The highest BCUT2D eigenvalue weighted by atomic mass is 15.4. The molecule has 78 valence electrons. The number of nitrogens with zero attached hydrogens (tertiary/aromatic N) is 3. The first-order valence-electron chi connectivity index (χ1n) is 4.74. The van der Waals surface area contributed by atoms with Crippen molar-refractivity contribution in [2.24, 2.45) is 4.99 Å².